The SMILES string of the molecule is CC(C)NC(=O)N1CCN(c2cc(Cl)nc(SCC(=O)N3CCN(c4cccc(Cl)c4)CC3)n2)C[C@H]1C. The second-order valence-corrected chi connectivity index (χ2v) is 11.3. The summed E-state index contributed by atoms with van der Waals surface area (Å²) in [7, 11) is 0. The van der Waals surface area contributed by atoms with Gasteiger partial charge in [0, 0.05) is 74.7 Å². The second kappa shape index (κ2) is 12.4. The van der Waals surface area contributed by atoms with E-state index in [9.17, 15) is 9.59 Å². The quantitative estimate of drug-likeness (QED) is 0.323. The average molecular weight is 567 g/mol. The molecule has 3 amide bonds. The molecule has 2 fully saturated rings. The Kier molecular flexibility index (Phi) is 9.26. The minimum atomic E-state index is -0.0500. The lowest BCUT2D eigenvalue weighted by Gasteiger charge is -2.40. The first-order chi connectivity index (χ1) is 17.7. The van der Waals surface area contributed by atoms with Gasteiger partial charge in [0.2, 0.25) is 5.91 Å². The molecule has 37 heavy (non-hydrogen) atoms. The molecule has 0 unspecified atom stereocenters. The van der Waals surface area contributed by atoms with Crippen LogP contribution in [0.2, 0.25) is 10.2 Å². The molecule has 2 aliphatic heterocycles. The lowest BCUT2D eigenvalue weighted by atomic mass is 10.2. The maximum atomic E-state index is 12.9. The van der Waals surface area contributed by atoms with Gasteiger partial charge in [0.25, 0.3) is 0 Å². The number of urea groups is 1. The standard InChI is InChI=1S/C25H33Cl2N7O2S/c1-17(2)28-25(36)34-12-11-33(15-18(34)3)22-14-21(27)29-24(30-22)37-16-23(35)32-9-7-31(8-10-32)20-6-4-5-19(26)13-20/h4-6,13-14,17-18H,7-12,15-16H2,1-3H3,(H,28,36)/t18-/m1/s1. The van der Waals surface area contributed by atoms with Crippen LogP contribution < -0.4 is 15.1 Å². The number of amides is 3. The third-order valence-electron chi connectivity index (χ3n) is 6.42. The van der Waals surface area contributed by atoms with Crippen LogP contribution in [0.1, 0.15) is 20.8 Å². The van der Waals surface area contributed by atoms with Gasteiger partial charge in [0.05, 0.1) is 5.75 Å². The molecular formula is C25H33Cl2N7O2S. The van der Waals surface area contributed by atoms with Gasteiger partial charge >= 0.3 is 6.03 Å². The minimum absolute atomic E-state index is 0.0181. The Morgan fingerprint density at radius 2 is 1.78 bits per heavy atom. The van der Waals surface area contributed by atoms with Crippen molar-refractivity contribution >= 4 is 58.4 Å². The van der Waals surface area contributed by atoms with E-state index >= 15 is 0 Å². The zero-order chi connectivity index (χ0) is 26.5. The Balaban J connectivity index is 1.30. The molecule has 4 rings (SSSR count). The number of thioether (sulfide) groups is 1. The first-order valence-electron chi connectivity index (χ1n) is 12.5. The van der Waals surface area contributed by atoms with Crippen molar-refractivity contribution in [2.75, 3.05) is 61.4 Å². The monoisotopic (exact) mass is 565 g/mol. The van der Waals surface area contributed by atoms with Crippen LogP contribution in [-0.4, -0.2) is 95.4 Å². The Hall–Kier alpha value is -2.43. The molecule has 2 saturated heterocycles. The Bertz CT molecular complexity index is 1110. The number of benzene rings is 1. The molecule has 2 aliphatic rings. The van der Waals surface area contributed by atoms with E-state index in [4.69, 9.17) is 23.2 Å². The lowest BCUT2D eigenvalue weighted by Crippen LogP contribution is -2.57. The predicted octanol–water partition coefficient (Wildman–Crippen LogP) is 3.85. The van der Waals surface area contributed by atoms with Crippen molar-refractivity contribution < 1.29 is 9.59 Å². The molecule has 1 aromatic heterocycles. The number of anilines is 2. The molecule has 3 heterocycles. The van der Waals surface area contributed by atoms with E-state index in [2.05, 4.69) is 25.1 Å². The highest BCUT2D eigenvalue weighted by molar-refractivity contribution is 7.99. The van der Waals surface area contributed by atoms with E-state index in [0.29, 0.717) is 53.9 Å². The van der Waals surface area contributed by atoms with Gasteiger partial charge in [0.15, 0.2) is 5.16 Å². The zero-order valence-corrected chi connectivity index (χ0v) is 23.7. The highest BCUT2D eigenvalue weighted by Gasteiger charge is 2.29. The molecule has 1 atom stereocenters. The van der Waals surface area contributed by atoms with Gasteiger partial charge in [-0.2, -0.15) is 0 Å². The van der Waals surface area contributed by atoms with E-state index in [1.165, 1.54) is 11.8 Å². The van der Waals surface area contributed by atoms with Gasteiger partial charge in [-0.25, -0.2) is 14.8 Å². The third kappa shape index (κ3) is 7.33. The molecule has 0 spiro atoms. The number of aromatic nitrogens is 2. The fraction of sp³-hybridized carbons (Fsp3) is 0.520. The number of carbonyl (C=O) groups is 2. The molecule has 200 valence electrons. The molecule has 2 aromatic rings. The predicted molar refractivity (Wildman–Crippen MR) is 150 cm³/mol. The highest BCUT2D eigenvalue weighted by Crippen LogP contribution is 2.25. The largest absolute Gasteiger partial charge is 0.368 e. The summed E-state index contributed by atoms with van der Waals surface area (Å²) in [5.74, 6) is 1.01. The van der Waals surface area contributed by atoms with Crippen molar-refractivity contribution in [2.45, 2.75) is 38.0 Å². The summed E-state index contributed by atoms with van der Waals surface area (Å²) >= 11 is 13.7. The number of hydrogen-bond acceptors (Lipinski definition) is 7. The fourth-order valence-electron chi connectivity index (χ4n) is 4.51. The smallest absolute Gasteiger partial charge is 0.317 e. The summed E-state index contributed by atoms with van der Waals surface area (Å²) in [6.45, 7) is 10.6. The van der Waals surface area contributed by atoms with Crippen molar-refractivity contribution in [3.05, 3.63) is 40.5 Å². The van der Waals surface area contributed by atoms with Crippen LogP contribution in [0.4, 0.5) is 16.3 Å². The van der Waals surface area contributed by atoms with Crippen LogP contribution in [0.5, 0.6) is 0 Å². The van der Waals surface area contributed by atoms with E-state index in [1.807, 2.05) is 54.8 Å². The Labute approximate surface area is 232 Å². The molecule has 0 radical (unpaired) electrons. The van der Waals surface area contributed by atoms with Gasteiger partial charge in [0.1, 0.15) is 11.0 Å². The summed E-state index contributed by atoms with van der Waals surface area (Å²) in [6.07, 6.45) is 0. The molecule has 0 saturated carbocycles. The number of rotatable bonds is 6. The third-order valence-corrected chi connectivity index (χ3v) is 7.68. The lowest BCUT2D eigenvalue weighted by molar-refractivity contribution is -0.128. The van der Waals surface area contributed by atoms with Crippen LogP contribution in [0.15, 0.2) is 35.5 Å². The molecule has 1 aromatic carbocycles. The number of halogens is 2. The number of hydrogen-bond donors (Lipinski definition) is 1. The first-order valence-corrected chi connectivity index (χ1v) is 14.2. The van der Waals surface area contributed by atoms with Gasteiger partial charge in [-0.05, 0) is 39.0 Å². The van der Waals surface area contributed by atoms with Crippen LogP contribution in [0.25, 0.3) is 0 Å². The van der Waals surface area contributed by atoms with Crippen LogP contribution in [0.3, 0.4) is 0 Å². The number of piperazine rings is 2. The zero-order valence-electron chi connectivity index (χ0n) is 21.4. The van der Waals surface area contributed by atoms with E-state index < -0.39 is 0 Å². The van der Waals surface area contributed by atoms with Crippen molar-refractivity contribution in [3.63, 3.8) is 0 Å². The van der Waals surface area contributed by atoms with Crippen molar-refractivity contribution in [1.82, 2.24) is 25.1 Å². The van der Waals surface area contributed by atoms with Crippen molar-refractivity contribution in [2.24, 2.45) is 0 Å². The summed E-state index contributed by atoms with van der Waals surface area (Å²) in [5, 5.41) is 4.48. The van der Waals surface area contributed by atoms with E-state index in [-0.39, 0.29) is 29.8 Å². The molecular weight excluding hydrogens is 533 g/mol. The summed E-state index contributed by atoms with van der Waals surface area (Å²) < 4.78 is 0. The maximum Gasteiger partial charge on any atom is 0.317 e. The van der Waals surface area contributed by atoms with E-state index in [1.54, 1.807) is 6.07 Å². The van der Waals surface area contributed by atoms with Crippen LogP contribution in [-0.2, 0) is 4.79 Å². The van der Waals surface area contributed by atoms with E-state index in [0.717, 1.165) is 18.8 Å². The van der Waals surface area contributed by atoms with Gasteiger partial charge < -0.3 is 24.9 Å². The van der Waals surface area contributed by atoms with Crippen molar-refractivity contribution in [1.29, 1.82) is 0 Å². The summed E-state index contributed by atoms with van der Waals surface area (Å²) in [6, 6.07) is 9.58. The molecule has 9 nitrogen and oxygen atoms in total. The summed E-state index contributed by atoms with van der Waals surface area (Å²) in [4.78, 5) is 42.4. The topological polar surface area (TPSA) is 84.9 Å². The van der Waals surface area contributed by atoms with Crippen molar-refractivity contribution in [3.8, 4) is 0 Å². The molecule has 0 bridgehead atoms. The number of carbonyl (C=O) groups excluding carboxylic acids is 2. The highest BCUT2D eigenvalue weighted by atomic mass is 35.5. The Morgan fingerprint density at radius 3 is 2.46 bits per heavy atom. The maximum absolute atomic E-state index is 12.9. The fourth-order valence-corrected chi connectivity index (χ4v) is 5.68. The normalized spacial score (nSPS) is 18.4. The second-order valence-electron chi connectivity index (χ2n) is 9.56. The minimum Gasteiger partial charge on any atom is -0.368 e. The van der Waals surface area contributed by atoms with Crippen LogP contribution in [0, 0.1) is 0 Å². The molecule has 0 aliphatic carbocycles. The van der Waals surface area contributed by atoms with Gasteiger partial charge in [-0.3, -0.25) is 4.79 Å². The summed E-state index contributed by atoms with van der Waals surface area (Å²) in [5.41, 5.74) is 1.07. The first kappa shape index (κ1) is 27.6. The van der Waals surface area contributed by atoms with Crippen LogP contribution >= 0.6 is 35.0 Å². The Morgan fingerprint density at radius 1 is 1.05 bits per heavy atom. The molecule has 1 N–H and O–H groups in total. The number of nitrogens with zero attached hydrogens (tertiary/aromatic N) is 6. The molecule has 12 heteroatoms. The number of nitrogens with one attached hydrogen (secondary N) is 1. The average Bonchev–Trinajstić information content (AvgIpc) is 2.86. The van der Waals surface area contributed by atoms with Gasteiger partial charge in [-0.15, -0.1) is 0 Å². The van der Waals surface area contributed by atoms with Gasteiger partial charge in [-0.1, -0.05) is 41.0 Å².